The van der Waals surface area contributed by atoms with E-state index in [1.165, 1.54) is 83.4 Å². The van der Waals surface area contributed by atoms with E-state index in [0.717, 1.165) is 17.9 Å². The van der Waals surface area contributed by atoms with Crippen LogP contribution in [0.4, 0.5) is 22.7 Å². The van der Waals surface area contributed by atoms with Crippen LogP contribution >= 0.6 is 0 Å². The second-order valence-corrected chi connectivity index (χ2v) is 13.9. The van der Waals surface area contributed by atoms with Crippen LogP contribution < -0.4 is 9.48 Å². The zero-order valence-corrected chi connectivity index (χ0v) is 29.0. The highest BCUT2D eigenvalue weighted by atomic mass is 15.2. The van der Waals surface area contributed by atoms with Crippen LogP contribution in [-0.4, -0.2) is 17.3 Å². The average Bonchev–Trinajstić information content (AvgIpc) is 3.57. The van der Waals surface area contributed by atoms with Crippen molar-refractivity contribution in [3.05, 3.63) is 188 Å². The summed E-state index contributed by atoms with van der Waals surface area (Å²) in [6.07, 6.45) is 2.31. The highest BCUT2D eigenvalue weighted by molar-refractivity contribution is 6.12. The molecule has 53 heavy (non-hydrogen) atoms. The van der Waals surface area contributed by atoms with Crippen LogP contribution in [0.2, 0.25) is 0 Å². The molecule has 0 atom stereocenters. The van der Waals surface area contributed by atoms with Gasteiger partial charge in [0.05, 0.1) is 16.7 Å². The van der Waals surface area contributed by atoms with Gasteiger partial charge in [-0.05, 0) is 75.3 Å². The molecule has 0 amide bonds. The summed E-state index contributed by atoms with van der Waals surface area (Å²) in [5.41, 5.74) is 18.1. The first kappa shape index (κ1) is 29.7. The maximum atomic E-state index is 2.48. The number of hydrogen-bond acceptors (Lipinski definition) is 1. The molecule has 248 valence electrons. The van der Waals surface area contributed by atoms with E-state index in [0.29, 0.717) is 0 Å². The molecule has 2 heterocycles. The lowest BCUT2D eigenvalue weighted by atomic mass is 9.79. The van der Waals surface area contributed by atoms with Crippen molar-refractivity contribution < 1.29 is 0 Å². The van der Waals surface area contributed by atoms with E-state index in [1.54, 1.807) is 0 Å². The molecule has 3 heteroatoms. The van der Waals surface area contributed by atoms with Crippen LogP contribution in [0.1, 0.15) is 0 Å². The number of para-hydroxylation sites is 4. The van der Waals surface area contributed by atoms with Gasteiger partial charge < -0.3 is 9.47 Å². The Hall–Kier alpha value is -6.97. The predicted molar refractivity (Wildman–Crippen MR) is 223 cm³/mol. The molecule has 0 radical (unpaired) electrons. The van der Waals surface area contributed by atoms with Gasteiger partial charge in [0.25, 0.3) is 0 Å². The van der Waals surface area contributed by atoms with Gasteiger partial charge in [0, 0.05) is 40.2 Å². The molecule has 0 bridgehead atoms. The Morgan fingerprint density at radius 2 is 0.925 bits per heavy atom. The molecule has 0 fully saturated rings. The van der Waals surface area contributed by atoms with E-state index in [9.17, 15) is 0 Å². The van der Waals surface area contributed by atoms with Crippen LogP contribution in [0.5, 0.6) is 0 Å². The van der Waals surface area contributed by atoms with Crippen LogP contribution in [0, 0.1) is 0 Å². The Morgan fingerprint density at radius 3 is 1.62 bits per heavy atom. The second-order valence-electron chi connectivity index (χ2n) is 13.9. The van der Waals surface area contributed by atoms with Crippen molar-refractivity contribution in [1.29, 1.82) is 0 Å². The van der Waals surface area contributed by atoms with Crippen LogP contribution in [0.25, 0.3) is 72.0 Å². The third-order valence-corrected chi connectivity index (χ3v) is 11.1. The number of anilines is 2. The van der Waals surface area contributed by atoms with Crippen molar-refractivity contribution in [3.8, 4) is 50.2 Å². The summed E-state index contributed by atoms with van der Waals surface area (Å²) in [6.45, 7) is 0.748. The van der Waals surface area contributed by atoms with Crippen molar-refractivity contribution in [2.24, 2.45) is 0 Å². The summed E-state index contributed by atoms with van der Waals surface area (Å²) in [5.74, 6) is 0. The molecular weight excluding hydrogens is 643 g/mol. The number of fused-ring (bicyclic) bond motifs is 12. The standard InChI is InChI=1S/C50H34N3/c1-3-16-34(17-4-1)51-30-31-52(35-18-5-2-6-19-35)49-33-44-42-26-15-29-47(53-45-27-13-11-23-39(45)40-24-12-14-28-46(40)53)50(42)41-25-10-9-21-37(41)36-20-7-8-22-38(36)43(44)32-48(49)51/h1-30,32-33H,31H2/q+1. The number of aromatic nitrogens is 1. The van der Waals surface area contributed by atoms with Crippen LogP contribution in [-0.2, 0) is 0 Å². The number of rotatable bonds is 3. The normalized spacial score (nSPS) is 12.9. The van der Waals surface area contributed by atoms with E-state index < -0.39 is 0 Å². The molecule has 0 spiro atoms. The minimum atomic E-state index is 0.748. The molecule has 8 aromatic carbocycles. The summed E-state index contributed by atoms with van der Waals surface area (Å²) in [5, 5.41) is 2.52. The first-order chi connectivity index (χ1) is 26.3. The molecule has 1 aliphatic carbocycles. The summed E-state index contributed by atoms with van der Waals surface area (Å²) in [7, 11) is 0. The highest BCUT2D eigenvalue weighted by Crippen LogP contribution is 2.53. The summed E-state index contributed by atoms with van der Waals surface area (Å²) in [6, 6.07) is 68.9. The SMILES string of the molecule is C1=[N+](c2ccccc2)c2cc3c(cc2N(c2ccccc2)C1)-c1cccc(-n2c4ccccc4c4ccccc42)c1-c1ccccc1-c1ccccc1-3. The highest BCUT2D eigenvalue weighted by Gasteiger charge is 2.33. The minimum Gasteiger partial charge on any atom is -0.326 e. The fourth-order valence-corrected chi connectivity index (χ4v) is 8.78. The summed E-state index contributed by atoms with van der Waals surface area (Å²) < 4.78 is 4.86. The van der Waals surface area contributed by atoms with Crippen LogP contribution in [0.3, 0.4) is 0 Å². The maximum Gasteiger partial charge on any atom is 0.235 e. The molecular formula is C50H34N3+. The van der Waals surface area contributed by atoms with E-state index in [4.69, 9.17) is 0 Å². The van der Waals surface area contributed by atoms with Crippen molar-refractivity contribution in [1.82, 2.24) is 9.14 Å². The zero-order chi connectivity index (χ0) is 34.9. The number of benzene rings is 8. The number of nitrogens with zero attached hydrogens (tertiary/aromatic N) is 3. The Morgan fingerprint density at radius 1 is 0.396 bits per heavy atom. The fraction of sp³-hybridized carbons (Fsp3) is 0.0200. The lowest BCUT2D eigenvalue weighted by molar-refractivity contribution is 1.000. The van der Waals surface area contributed by atoms with Gasteiger partial charge in [-0.3, -0.25) is 0 Å². The van der Waals surface area contributed by atoms with E-state index in [2.05, 4.69) is 208 Å². The van der Waals surface area contributed by atoms with Gasteiger partial charge in [0.1, 0.15) is 12.2 Å². The van der Waals surface area contributed by atoms with E-state index >= 15 is 0 Å². The van der Waals surface area contributed by atoms with Gasteiger partial charge in [0.2, 0.25) is 11.4 Å². The molecule has 0 saturated carbocycles. The third kappa shape index (κ3) is 4.51. The second kappa shape index (κ2) is 11.8. The minimum absolute atomic E-state index is 0.748. The molecule has 1 aliphatic heterocycles. The Bertz CT molecular complexity index is 2860. The largest absolute Gasteiger partial charge is 0.326 e. The van der Waals surface area contributed by atoms with Crippen molar-refractivity contribution in [2.75, 3.05) is 11.4 Å². The van der Waals surface area contributed by atoms with Crippen molar-refractivity contribution >= 4 is 50.8 Å². The quantitative estimate of drug-likeness (QED) is 0.170. The third-order valence-electron chi connectivity index (χ3n) is 11.1. The lowest BCUT2D eigenvalue weighted by Gasteiger charge is -2.30. The van der Waals surface area contributed by atoms with Gasteiger partial charge in [0.15, 0.2) is 6.21 Å². The van der Waals surface area contributed by atoms with E-state index in [-0.39, 0.29) is 0 Å². The van der Waals surface area contributed by atoms with E-state index in [1.807, 2.05) is 0 Å². The first-order valence-electron chi connectivity index (χ1n) is 18.3. The lowest BCUT2D eigenvalue weighted by Crippen LogP contribution is -2.29. The molecule has 11 rings (SSSR count). The van der Waals surface area contributed by atoms with Crippen molar-refractivity contribution in [2.45, 2.75) is 0 Å². The smallest absolute Gasteiger partial charge is 0.235 e. The molecule has 0 saturated heterocycles. The van der Waals surface area contributed by atoms with Crippen LogP contribution in [0.15, 0.2) is 188 Å². The predicted octanol–water partition coefficient (Wildman–Crippen LogP) is 12.8. The topological polar surface area (TPSA) is 11.2 Å². The monoisotopic (exact) mass is 676 g/mol. The van der Waals surface area contributed by atoms with Gasteiger partial charge in [-0.1, -0.05) is 133 Å². The molecule has 2 aliphatic rings. The maximum absolute atomic E-state index is 2.48. The first-order valence-corrected chi connectivity index (χ1v) is 18.3. The molecule has 1 aromatic heterocycles. The number of hydrogen-bond donors (Lipinski definition) is 0. The molecule has 0 N–H and O–H groups in total. The van der Waals surface area contributed by atoms with Gasteiger partial charge in [-0.2, -0.15) is 4.58 Å². The van der Waals surface area contributed by atoms with Gasteiger partial charge in [-0.15, -0.1) is 0 Å². The molecule has 3 nitrogen and oxygen atoms in total. The fourth-order valence-electron chi connectivity index (χ4n) is 8.78. The van der Waals surface area contributed by atoms with Gasteiger partial charge in [-0.25, -0.2) is 0 Å². The Kier molecular flexibility index (Phi) is 6.62. The van der Waals surface area contributed by atoms with Gasteiger partial charge >= 0.3 is 0 Å². The molecule has 9 aromatic rings. The summed E-state index contributed by atoms with van der Waals surface area (Å²) in [4.78, 5) is 2.45. The summed E-state index contributed by atoms with van der Waals surface area (Å²) >= 11 is 0. The average molecular weight is 677 g/mol. The Balaban J connectivity index is 1.28. The van der Waals surface area contributed by atoms with Crippen molar-refractivity contribution in [3.63, 3.8) is 0 Å². The molecule has 0 unspecified atom stereocenters. The Labute approximate surface area is 308 Å². The zero-order valence-electron chi connectivity index (χ0n) is 29.0.